The monoisotopic (exact) mass is 148 g/mol. The summed E-state index contributed by atoms with van der Waals surface area (Å²) in [5.41, 5.74) is 0. The molecule has 0 aromatic carbocycles. The molecule has 10 heavy (non-hydrogen) atoms. The molecular formula is C4H8N2O4. The van der Waals surface area contributed by atoms with Crippen LogP contribution in [0.4, 0.5) is 0 Å². The van der Waals surface area contributed by atoms with Gasteiger partial charge in [0.05, 0.1) is 0 Å². The van der Waals surface area contributed by atoms with Crippen molar-refractivity contribution in [1.82, 2.24) is 0 Å². The lowest BCUT2D eigenvalue weighted by Crippen LogP contribution is -2.15. The molecule has 0 rings (SSSR count). The Kier molecular flexibility index (Phi) is 4.55. The molecule has 58 valence electrons. The third-order valence-electron chi connectivity index (χ3n) is 0.567. The number of amides is 1. The normalized spacial score (nSPS) is 11.2. The van der Waals surface area contributed by atoms with Gasteiger partial charge in [-0.3, -0.25) is 4.79 Å². The second-order valence-electron chi connectivity index (χ2n) is 1.33. The minimum atomic E-state index is -1.93. The zero-order valence-electron chi connectivity index (χ0n) is 5.39. The van der Waals surface area contributed by atoms with E-state index in [4.69, 9.17) is 10.2 Å². The summed E-state index contributed by atoms with van der Waals surface area (Å²) >= 11 is 0. The molecule has 0 aliphatic heterocycles. The van der Waals surface area contributed by atoms with Crippen LogP contribution >= 0.6 is 0 Å². The summed E-state index contributed by atoms with van der Waals surface area (Å²) in [6, 6.07) is 0. The zero-order chi connectivity index (χ0) is 7.98. The van der Waals surface area contributed by atoms with E-state index in [1.807, 2.05) is 0 Å². The van der Waals surface area contributed by atoms with E-state index in [1.54, 1.807) is 0 Å². The number of aliphatic hydroxyl groups is 2. The van der Waals surface area contributed by atoms with E-state index in [-0.39, 0.29) is 0 Å². The highest BCUT2D eigenvalue weighted by atomic mass is 16.7. The Morgan fingerprint density at radius 3 is 2.70 bits per heavy atom. The molecule has 2 N–H and O–H groups in total. The lowest BCUT2D eigenvalue weighted by molar-refractivity contribution is -0.231. The lowest BCUT2D eigenvalue weighted by Gasteiger charge is -2.00. The maximum atomic E-state index is 10.3. The predicted molar refractivity (Wildman–Crippen MR) is 30.0 cm³/mol. The Morgan fingerprint density at radius 1 is 1.70 bits per heavy atom. The van der Waals surface area contributed by atoms with E-state index in [1.165, 1.54) is 7.05 Å². The number of carbonyl (C=O) groups excluding carboxylic acids is 1. The van der Waals surface area contributed by atoms with Gasteiger partial charge in [0.1, 0.15) is 6.61 Å². The number of carbonyl (C=O) groups is 1. The molecule has 0 aliphatic rings. The minimum absolute atomic E-state index is 0.477. The van der Waals surface area contributed by atoms with Crippen LogP contribution in [0.15, 0.2) is 10.2 Å². The van der Waals surface area contributed by atoms with E-state index in [0.29, 0.717) is 0 Å². The predicted octanol–water partition coefficient (Wildman–Crippen LogP) is -1.12. The van der Waals surface area contributed by atoms with Crippen molar-refractivity contribution in [3.8, 4) is 0 Å². The molecule has 0 saturated heterocycles. The van der Waals surface area contributed by atoms with Gasteiger partial charge in [-0.15, -0.1) is 5.11 Å². The lowest BCUT2D eigenvalue weighted by atomic mass is 10.7. The Balaban J connectivity index is 3.40. The Labute approximate surface area is 57.1 Å². The van der Waals surface area contributed by atoms with Gasteiger partial charge in [-0.05, 0) is 0 Å². The van der Waals surface area contributed by atoms with Crippen LogP contribution < -0.4 is 0 Å². The molecule has 1 amide bonds. The van der Waals surface area contributed by atoms with Gasteiger partial charge in [-0.25, -0.2) is 0 Å². The zero-order valence-corrected chi connectivity index (χ0v) is 5.39. The average Bonchev–Trinajstić information content (AvgIpc) is 1.85. The maximum absolute atomic E-state index is 10.3. The summed E-state index contributed by atoms with van der Waals surface area (Å²) in [7, 11) is 1.33. The molecule has 6 heteroatoms. The molecule has 0 atom stereocenters. The van der Waals surface area contributed by atoms with Gasteiger partial charge >= 0.3 is 0 Å². The molecule has 0 unspecified atom stereocenters. The van der Waals surface area contributed by atoms with Crippen LogP contribution in [-0.2, 0) is 9.53 Å². The molecular weight excluding hydrogens is 140 g/mol. The molecule has 0 fully saturated rings. The van der Waals surface area contributed by atoms with Gasteiger partial charge < -0.3 is 14.9 Å². The Morgan fingerprint density at radius 2 is 2.30 bits per heavy atom. The van der Waals surface area contributed by atoms with Crippen LogP contribution in [0.5, 0.6) is 0 Å². The van der Waals surface area contributed by atoms with Crippen molar-refractivity contribution < 1.29 is 19.7 Å². The van der Waals surface area contributed by atoms with Crippen molar-refractivity contribution >= 4 is 5.91 Å². The second-order valence-corrected chi connectivity index (χ2v) is 1.33. The van der Waals surface area contributed by atoms with Gasteiger partial charge in [0.25, 0.3) is 12.4 Å². The summed E-state index contributed by atoms with van der Waals surface area (Å²) in [5.74, 6) is -0.657. The highest BCUT2D eigenvalue weighted by Gasteiger charge is 2.01. The largest absolute Gasteiger partial charge is 0.346 e. The van der Waals surface area contributed by atoms with Crippen molar-refractivity contribution in [2.45, 2.75) is 6.48 Å². The molecule has 0 aromatic heterocycles. The molecule has 6 nitrogen and oxygen atoms in total. The smallest absolute Gasteiger partial charge is 0.289 e. The molecule has 0 bridgehead atoms. The first-order valence-electron chi connectivity index (χ1n) is 2.47. The molecule has 0 saturated carbocycles. The molecule has 0 radical (unpaired) electrons. The van der Waals surface area contributed by atoms with Crippen LogP contribution in [-0.4, -0.2) is 36.3 Å². The number of rotatable bonds is 3. The average molecular weight is 148 g/mol. The van der Waals surface area contributed by atoms with Crippen molar-refractivity contribution in [2.24, 2.45) is 10.2 Å². The van der Waals surface area contributed by atoms with Crippen molar-refractivity contribution in [3.63, 3.8) is 0 Å². The van der Waals surface area contributed by atoms with Crippen LogP contribution in [0.3, 0.4) is 0 Å². The molecule has 0 spiro atoms. The van der Waals surface area contributed by atoms with Gasteiger partial charge in [0, 0.05) is 7.05 Å². The summed E-state index contributed by atoms with van der Waals surface area (Å²) in [6.45, 7) is -2.41. The van der Waals surface area contributed by atoms with Crippen molar-refractivity contribution in [2.75, 3.05) is 13.7 Å². The number of nitrogens with zero attached hydrogens (tertiary/aromatic N) is 2. The topological polar surface area (TPSA) is 91.5 Å². The minimum Gasteiger partial charge on any atom is -0.346 e. The van der Waals surface area contributed by atoms with Gasteiger partial charge in [-0.2, -0.15) is 5.11 Å². The third kappa shape index (κ3) is 5.29. The molecule has 0 aliphatic carbocycles. The summed E-state index contributed by atoms with van der Waals surface area (Å²) in [6.07, 6.45) is 0. The van der Waals surface area contributed by atoms with E-state index in [2.05, 4.69) is 15.0 Å². The Bertz CT molecular complexity index is 133. The van der Waals surface area contributed by atoms with Crippen LogP contribution in [0, 0.1) is 0 Å². The SMILES string of the molecule is CN=NC(=O)COC(O)O. The fraction of sp³-hybridized carbons (Fsp3) is 0.750. The molecule has 0 aromatic rings. The van der Waals surface area contributed by atoms with Crippen molar-refractivity contribution in [3.05, 3.63) is 0 Å². The first-order chi connectivity index (χ1) is 4.66. The van der Waals surface area contributed by atoms with Gasteiger partial charge in [0.2, 0.25) is 0 Å². The van der Waals surface area contributed by atoms with E-state index in [0.717, 1.165) is 0 Å². The second kappa shape index (κ2) is 4.98. The number of hydrogen-bond donors (Lipinski definition) is 2. The van der Waals surface area contributed by atoms with E-state index in [9.17, 15) is 4.79 Å². The molecule has 0 heterocycles. The number of hydrogen-bond acceptors (Lipinski definition) is 5. The van der Waals surface area contributed by atoms with Crippen molar-refractivity contribution in [1.29, 1.82) is 0 Å². The number of azo groups is 1. The van der Waals surface area contributed by atoms with E-state index >= 15 is 0 Å². The van der Waals surface area contributed by atoms with Crippen LogP contribution in [0.2, 0.25) is 0 Å². The fourth-order valence-electron chi connectivity index (χ4n) is 0.286. The summed E-state index contributed by atoms with van der Waals surface area (Å²) in [4.78, 5) is 10.3. The van der Waals surface area contributed by atoms with Crippen LogP contribution in [0.1, 0.15) is 0 Å². The number of ether oxygens (including phenoxy) is 1. The van der Waals surface area contributed by atoms with E-state index < -0.39 is 19.0 Å². The highest BCUT2D eigenvalue weighted by Crippen LogP contribution is 1.83. The number of aliphatic hydroxyl groups excluding tert-OH is 1. The quantitative estimate of drug-likeness (QED) is 0.391. The van der Waals surface area contributed by atoms with Gasteiger partial charge in [-0.1, -0.05) is 0 Å². The standard InChI is InChI=1S/C4H8N2O4/c1-5-6-3(7)2-10-4(8)9/h4,8-9H,2H2,1H3. The van der Waals surface area contributed by atoms with Crippen LogP contribution in [0.25, 0.3) is 0 Å². The summed E-state index contributed by atoms with van der Waals surface area (Å²) in [5, 5.41) is 22.3. The first kappa shape index (κ1) is 9.15. The highest BCUT2D eigenvalue weighted by molar-refractivity contribution is 5.77. The van der Waals surface area contributed by atoms with Gasteiger partial charge in [0.15, 0.2) is 0 Å². The third-order valence-corrected chi connectivity index (χ3v) is 0.567. The fourth-order valence-corrected chi connectivity index (χ4v) is 0.286. The summed E-state index contributed by atoms with van der Waals surface area (Å²) < 4.78 is 4.06. The Hall–Kier alpha value is -0.850. The first-order valence-corrected chi connectivity index (χ1v) is 2.47. The maximum Gasteiger partial charge on any atom is 0.289 e.